The number of hydrogen-bond donors (Lipinski definition) is 1. The molecule has 4 rings (SSSR count). The van der Waals surface area contributed by atoms with Crippen LogP contribution in [-0.4, -0.2) is 25.8 Å². The van der Waals surface area contributed by atoms with E-state index in [0.717, 1.165) is 42.5 Å². The summed E-state index contributed by atoms with van der Waals surface area (Å²) in [6.45, 7) is 1.71. The molecule has 22 heavy (non-hydrogen) atoms. The number of hydrogen-bond acceptors (Lipinski definition) is 5. The van der Waals surface area contributed by atoms with Gasteiger partial charge in [0.05, 0.1) is 12.2 Å². The fourth-order valence-electron chi connectivity index (χ4n) is 2.77. The minimum Gasteiger partial charge on any atom is -0.306 e. The van der Waals surface area contributed by atoms with Crippen LogP contribution in [0, 0.1) is 0 Å². The third-order valence-corrected chi connectivity index (χ3v) is 4.82. The predicted molar refractivity (Wildman–Crippen MR) is 86.5 cm³/mol. The van der Waals surface area contributed by atoms with Crippen molar-refractivity contribution in [2.45, 2.75) is 32.0 Å². The Hall–Kier alpha value is -2.05. The van der Waals surface area contributed by atoms with E-state index >= 15 is 0 Å². The molecule has 6 heteroatoms. The first-order valence-electron chi connectivity index (χ1n) is 7.48. The van der Waals surface area contributed by atoms with Gasteiger partial charge in [0.2, 0.25) is 0 Å². The summed E-state index contributed by atoms with van der Waals surface area (Å²) in [6, 6.07) is 10.8. The van der Waals surface area contributed by atoms with Crippen LogP contribution in [0.5, 0.6) is 0 Å². The van der Waals surface area contributed by atoms with Crippen LogP contribution >= 0.6 is 11.3 Å². The molecular formula is C16H17N5S. The van der Waals surface area contributed by atoms with E-state index in [-0.39, 0.29) is 0 Å². The summed E-state index contributed by atoms with van der Waals surface area (Å²) in [6.07, 6.45) is 3.74. The molecule has 0 fully saturated rings. The standard InChI is InChI=1S/C16H17N5S/c1-2-4-12(5-3-1)14-10-22-16(20-14)8-17-13-6-7-15-18-11-19-21(15)9-13/h1-5,10-11,13,17H,6-9H2. The summed E-state index contributed by atoms with van der Waals surface area (Å²) in [7, 11) is 0. The van der Waals surface area contributed by atoms with E-state index in [2.05, 4.69) is 32.9 Å². The van der Waals surface area contributed by atoms with Crippen molar-refractivity contribution in [3.05, 3.63) is 52.9 Å². The van der Waals surface area contributed by atoms with E-state index in [9.17, 15) is 0 Å². The minimum absolute atomic E-state index is 0.443. The van der Waals surface area contributed by atoms with E-state index in [1.807, 2.05) is 22.9 Å². The average molecular weight is 311 g/mol. The Balaban J connectivity index is 1.38. The molecule has 1 aromatic carbocycles. The molecule has 5 nitrogen and oxygen atoms in total. The molecule has 0 bridgehead atoms. The Bertz CT molecular complexity index is 749. The number of rotatable bonds is 4. The maximum atomic E-state index is 4.72. The van der Waals surface area contributed by atoms with Gasteiger partial charge in [0.1, 0.15) is 17.2 Å². The van der Waals surface area contributed by atoms with Crippen LogP contribution in [0.4, 0.5) is 0 Å². The lowest BCUT2D eigenvalue weighted by molar-refractivity contribution is 0.358. The van der Waals surface area contributed by atoms with Crippen LogP contribution in [0.1, 0.15) is 17.3 Å². The van der Waals surface area contributed by atoms with Crippen LogP contribution < -0.4 is 5.32 Å². The third kappa shape index (κ3) is 2.80. The molecule has 0 spiro atoms. The second-order valence-corrected chi connectivity index (χ2v) is 6.41. The molecule has 0 aliphatic carbocycles. The number of nitrogens with zero attached hydrogens (tertiary/aromatic N) is 4. The van der Waals surface area contributed by atoms with Gasteiger partial charge in [-0.15, -0.1) is 11.3 Å². The van der Waals surface area contributed by atoms with Crippen molar-refractivity contribution in [3.63, 3.8) is 0 Å². The molecule has 2 aromatic heterocycles. The van der Waals surface area contributed by atoms with Gasteiger partial charge in [-0.05, 0) is 6.42 Å². The maximum Gasteiger partial charge on any atom is 0.138 e. The van der Waals surface area contributed by atoms with Crippen molar-refractivity contribution < 1.29 is 0 Å². The second-order valence-electron chi connectivity index (χ2n) is 5.47. The number of fused-ring (bicyclic) bond motifs is 1. The summed E-state index contributed by atoms with van der Waals surface area (Å²) < 4.78 is 2.00. The third-order valence-electron chi connectivity index (χ3n) is 3.97. The lowest BCUT2D eigenvalue weighted by Crippen LogP contribution is -2.37. The summed E-state index contributed by atoms with van der Waals surface area (Å²) in [5, 5.41) is 11.1. The fraction of sp³-hybridized carbons (Fsp3) is 0.312. The van der Waals surface area contributed by atoms with Crippen molar-refractivity contribution in [3.8, 4) is 11.3 Å². The molecule has 112 valence electrons. The topological polar surface area (TPSA) is 55.6 Å². The van der Waals surface area contributed by atoms with Gasteiger partial charge in [-0.2, -0.15) is 5.10 Å². The monoisotopic (exact) mass is 311 g/mol. The highest BCUT2D eigenvalue weighted by Crippen LogP contribution is 2.21. The van der Waals surface area contributed by atoms with Crippen LogP contribution in [0.25, 0.3) is 11.3 Å². The molecule has 1 aliphatic rings. The van der Waals surface area contributed by atoms with Gasteiger partial charge in [0.25, 0.3) is 0 Å². The molecule has 3 aromatic rings. The van der Waals surface area contributed by atoms with E-state index < -0.39 is 0 Å². The van der Waals surface area contributed by atoms with Crippen LogP contribution in [0.3, 0.4) is 0 Å². The van der Waals surface area contributed by atoms with Crippen molar-refractivity contribution >= 4 is 11.3 Å². The van der Waals surface area contributed by atoms with Crippen LogP contribution in [0.2, 0.25) is 0 Å². The van der Waals surface area contributed by atoms with Gasteiger partial charge in [0, 0.05) is 30.0 Å². The zero-order valence-corrected chi connectivity index (χ0v) is 13.0. The first kappa shape index (κ1) is 13.6. The smallest absolute Gasteiger partial charge is 0.138 e. The quantitative estimate of drug-likeness (QED) is 0.804. The summed E-state index contributed by atoms with van der Waals surface area (Å²) in [5.74, 6) is 1.10. The Morgan fingerprint density at radius 3 is 3.09 bits per heavy atom. The summed E-state index contributed by atoms with van der Waals surface area (Å²) in [4.78, 5) is 8.98. The lowest BCUT2D eigenvalue weighted by Gasteiger charge is -2.23. The molecule has 0 radical (unpaired) electrons. The van der Waals surface area contributed by atoms with Gasteiger partial charge in [-0.25, -0.2) is 14.6 Å². The molecule has 1 aliphatic heterocycles. The SMILES string of the molecule is c1ccc(-c2csc(CNC3CCc4ncnn4C3)n2)cc1. The minimum atomic E-state index is 0.443. The van der Waals surface area contributed by atoms with E-state index in [4.69, 9.17) is 4.98 Å². The Morgan fingerprint density at radius 1 is 1.27 bits per heavy atom. The van der Waals surface area contributed by atoms with E-state index in [0.29, 0.717) is 6.04 Å². The van der Waals surface area contributed by atoms with Crippen LogP contribution in [0.15, 0.2) is 42.0 Å². The molecular weight excluding hydrogens is 294 g/mol. The number of nitrogens with one attached hydrogen (secondary N) is 1. The van der Waals surface area contributed by atoms with Gasteiger partial charge >= 0.3 is 0 Å². The molecule has 0 saturated heterocycles. The first-order valence-corrected chi connectivity index (χ1v) is 8.36. The van der Waals surface area contributed by atoms with Crippen molar-refractivity contribution in [2.24, 2.45) is 0 Å². The van der Waals surface area contributed by atoms with Crippen molar-refractivity contribution in [2.75, 3.05) is 0 Å². The van der Waals surface area contributed by atoms with Crippen molar-refractivity contribution in [1.82, 2.24) is 25.1 Å². The number of aromatic nitrogens is 4. The van der Waals surface area contributed by atoms with E-state index in [1.54, 1.807) is 17.7 Å². The molecule has 1 N–H and O–H groups in total. The fourth-order valence-corrected chi connectivity index (χ4v) is 3.52. The molecule has 3 heterocycles. The number of aryl methyl sites for hydroxylation is 1. The second kappa shape index (κ2) is 5.98. The average Bonchev–Trinajstić information content (AvgIpc) is 3.22. The summed E-state index contributed by atoms with van der Waals surface area (Å²) in [5.41, 5.74) is 2.24. The Labute approximate surface area is 133 Å². The maximum absolute atomic E-state index is 4.72. The highest BCUT2D eigenvalue weighted by molar-refractivity contribution is 7.09. The Kier molecular flexibility index (Phi) is 3.70. The largest absolute Gasteiger partial charge is 0.306 e. The zero-order valence-electron chi connectivity index (χ0n) is 12.1. The Morgan fingerprint density at radius 2 is 2.18 bits per heavy atom. The van der Waals surface area contributed by atoms with Crippen LogP contribution in [-0.2, 0) is 19.5 Å². The predicted octanol–water partition coefficient (Wildman–Crippen LogP) is 2.51. The van der Waals surface area contributed by atoms with Crippen molar-refractivity contribution in [1.29, 1.82) is 0 Å². The highest BCUT2D eigenvalue weighted by atomic mass is 32.1. The van der Waals surface area contributed by atoms with E-state index in [1.165, 1.54) is 5.56 Å². The van der Waals surface area contributed by atoms with Gasteiger partial charge < -0.3 is 5.32 Å². The van der Waals surface area contributed by atoms with Gasteiger partial charge in [-0.3, -0.25) is 0 Å². The molecule has 0 saturated carbocycles. The van der Waals surface area contributed by atoms with Gasteiger partial charge in [-0.1, -0.05) is 30.3 Å². The lowest BCUT2D eigenvalue weighted by atomic mass is 10.1. The normalized spacial score (nSPS) is 17.4. The number of thiazole rings is 1. The summed E-state index contributed by atoms with van der Waals surface area (Å²) >= 11 is 1.71. The molecule has 1 atom stereocenters. The van der Waals surface area contributed by atoms with Gasteiger partial charge in [0.15, 0.2) is 0 Å². The molecule has 1 unspecified atom stereocenters. The highest BCUT2D eigenvalue weighted by Gasteiger charge is 2.19. The first-order chi connectivity index (χ1) is 10.9. The zero-order chi connectivity index (χ0) is 14.8. The molecule has 0 amide bonds. The number of benzene rings is 1.